The van der Waals surface area contributed by atoms with Crippen molar-refractivity contribution in [2.45, 2.75) is 51.2 Å². The smallest absolute Gasteiger partial charge is 0.222 e. The van der Waals surface area contributed by atoms with Gasteiger partial charge in [0.15, 0.2) is 0 Å². The van der Waals surface area contributed by atoms with Crippen molar-refractivity contribution >= 4 is 5.91 Å². The second kappa shape index (κ2) is 5.95. The van der Waals surface area contributed by atoms with E-state index in [-0.39, 0.29) is 0 Å². The minimum absolute atomic E-state index is 0.306. The summed E-state index contributed by atoms with van der Waals surface area (Å²) in [5, 5.41) is 4.16. The Balaban J connectivity index is 1.42. The topological polar surface area (TPSA) is 41.4 Å². The minimum atomic E-state index is 0.306. The van der Waals surface area contributed by atoms with Crippen LogP contribution in [0.4, 0.5) is 0 Å². The largest absolute Gasteiger partial charge is 0.337 e. The van der Waals surface area contributed by atoms with E-state index in [4.69, 9.17) is 0 Å². The highest BCUT2D eigenvalue weighted by Gasteiger charge is 2.35. The van der Waals surface area contributed by atoms with Gasteiger partial charge in [-0.15, -0.1) is 0 Å². The Hall–Kier alpha value is -1.36. The summed E-state index contributed by atoms with van der Waals surface area (Å²) in [6.45, 7) is 6.02. The maximum Gasteiger partial charge on any atom is 0.222 e. The number of aromatic nitrogens is 2. The van der Waals surface area contributed by atoms with Crippen LogP contribution in [0.2, 0.25) is 0 Å². The zero-order valence-corrected chi connectivity index (χ0v) is 12.2. The number of amides is 1. The molecule has 1 atom stereocenters. The zero-order chi connectivity index (χ0) is 13.9. The fraction of sp³-hybridized carbons (Fsp3) is 0.733. The lowest BCUT2D eigenvalue weighted by molar-refractivity contribution is -0.135. The normalized spacial score (nSPS) is 24.1. The summed E-state index contributed by atoms with van der Waals surface area (Å²) in [4.78, 5) is 16.9. The first-order valence-electron chi connectivity index (χ1n) is 7.75. The number of aryl methyl sites for hydroxylation is 1. The van der Waals surface area contributed by atoms with E-state index in [1.54, 1.807) is 6.20 Å². The van der Waals surface area contributed by atoms with Crippen molar-refractivity contribution in [3.63, 3.8) is 0 Å². The molecule has 1 aromatic heterocycles. The molecule has 110 valence electrons. The average Bonchev–Trinajstić information content (AvgIpc) is 3.16. The van der Waals surface area contributed by atoms with Crippen LogP contribution in [0.15, 0.2) is 18.5 Å². The third-order valence-electron chi connectivity index (χ3n) is 4.38. The molecule has 0 spiro atoms. The lowest BCUT2D eigenvalue weighted by Crippen LogP contribution is -2.54. The fourth-order valence-electron chi connectivity index (χ4n) is 3.10. The van der Waals surface area contributed by atoms with Crippen LogP contribution in [0, 0.1) is 0 Å². The van der Waals surface area contributed by atoms with Gasteiger partial charge in [0.25, 0.3) is 0 Å². The summed E-state index contributed by atoms with van der Waals surface area (Å²) in [6.07, 6.45) is 7.93. The molecule has 2 fully saturated rings. The Morgan fingerprint density at radius 3 is 2.85 bits per heavy atom. The van der Waals surface area contributed by atoms with Gasteiger partial charge in [0.2, 0.25) is 5.91 Å². The summed E-state index contributed by atoms with van der Waals surface area (Å²) in [5.41, 5.74) is 0. The zero-order valence-electron chi connectivity index (χ0n) is 12.2. The Morgan fingerprint density at radius 1 is 1.35 bits per heavy atom. The van der Waals surface area contributed by atoms with Gasteiger partial charge in [-0.1, -0.05) is 0 Å². The summed E-state index contributed by atoms with van der Waals surface area (Å²) >= 11 is 0. The van der Waals surface area contributed by atoms with Crippen LogP contribution in [0.5, 0.6) is 0 Å². The van der Waals surface area contributed by atoms with Crippen LogP contribution in [0.1, 0.15) is 32.6 Å². The molecule has 5 nitrogen and oxygen atoms in total. The molecular weight excluding hydrogens is 252 g/mol. The molecule has 0 radical (unpaired) electrons. The van der Waals surface area contributed by atoms with Crippen molar-refractivity contribution < 1.29 is 4.79 Å². The Bertz CT molecular complexity index is 441. The first-order valence-corrected chi connectivity index (χ1v) is 7.75. The van der Waals surface area contributed by atoms with Gasteiger partial charge >= 0.3 is 0 Å². The number of piperazine rings is 1. The molecule has 0 bridgehead atoms. The molecule has 1 aromatic rings. The molecule has 20 heavy (non-hydrogen) atoms. The summed E-state index contributed by atoms with van der Waals surface area (Å²) in [6, 6.07) is 3.09. The van der Waals surface area contributed by atoms with Crippen molar-refractivity contribution in [1.29, 1.82) is 0 Å². The lowest BCUT2D eigenvalue weighted by atomic mass is 10.1. The molecule has 2 heterocycles. The van der Waals surface area contributed by atoms with Crippen LogP contribution < -0.4 is 0 Å². The van der Waals surface area contributed by atoms with Crippen LogP contribution in [-0.2, 0) is 11.3 Å². The fourth-order valence-corrected chi connectivity index (χ4v) is 3.10. The standard InChI is InChI=1S/C15H24N4O/c1-13-12-17(14-5-6-14)10-11-19(13)15(20)4-2-8-18-9-3-7-16-18/h3,7,9,13-14H,2,4-6,8,10-12H2,1H3. The van der Waals surface area contributed by atoms with Crippen LogP contribution >= 0.6 is 0 Å². The quantitative estimate of drug-likeness (QED) is 0.815. The molecule has 1 amide bonds. The lowest BCUT2D eigenvalue weighted by Gasteiger charge is -2.40. The first kappa shape index (κ1) is 13.6. The molecule has 3 rings (SSSR count). The van der Waals surface area contributed by atoms with Gasteiger partial charge in [0.1, 0.15) is 0 Å². The molecule has 2 aliphatic rings. The first-order chi connectivity index (χ1) is 9.74. The number of carbonyl (C=O) groups is 1. The van der Waals surface area contributed by atoms with E-state index in [9.17, 15) is 4.79 Å². The van der Waals surface area contributed by atoms with E-state index in [0.29, 0.717) is 18.4 Å². The average molecular weight is 276 g/mol. The maximum absolute atomic E-state index is 12.3. The predicted octanol–water partition coefficient (Wildman–Crippen LogP) is 1.36. The van der Waals surface area contributed by atoms with Crippen molar-refractivity contribution in [2.24, 2.45) is 0 Å². The Morgan fingerprint density at radius 2 is 2.20 bits per heavy atom. The van der Waals surface area contributed by atoms with Gasteiger partial charge in [0, 0.05) is 57.1 Å². The molecule has 1 unspecified atom stereocenters. The third kappa shape index (κ3) is 3.20. The molecule has 1 aliphatic heterocycles. The van der Waals surface area contributed by atoms with Gasteiger partial charge in [-0.3, -0.25) is 14.4 Å². The number of hydrogen-bond donors (Lipinski definition) is 0. The van der Waals surface area contributed by atoms with Gasteiger partial charge in [-0.25, -0.2) is 0 Å². The number of rotatable bonds is 5. The van der Waals surface area contributed by atoms with Crippen LogP contribution in [0.3, 0.4) is 0 Å². The maximum atomic E-state index is 12.3. The van der Waals surface area contributed by atoms with Crippen molar-refractivity contribution in [2.75, 3.05) is 19.6 Å². The highest BCUT2D eigenvalue weighted by molar-refractivity contribution is 5.76. The van der Waals surface area contributed by atoms with Gasteiger partial charge < -0.3 is 4.90 Å². The number of nitrogens with zero attached hydrogens (tertiary/aromatic N) is 4. The Labute approximate surface area is 120 Å². The molecule has 1 saturated heterocycles. The predicted molar refractivity (Wildman–Crippen MR) is 77.2 cm³/mol. The summed E-state index contributed by atoms with van der Waals surface area (Å²) in [7, 11) is 0. The second-order valence-corrected chi connectivity index (χ2v) is 6.03. The van der Waals surface area contributed by atoms with Gasteiger partial charge in [-0.2, -0.15) is 5.10 Å². The molecule has 1 saturated carbocycles. The molecular formula is C15H24N4O. The van der Waals surface area contributed by atoms with E-state index < -0.39 is 0 Å². The molecule has 0 aromatic carbocycles. The highest BCUT2D eigenvalue weighted by Crippen LogP contribution is 2.28. The second-order valence-electron chi connectivity index (χ2n) is 6.03. The Kier molecular flexibility index (Phi) is 4.05. The van der Waals surface area contributed by atoms with Crippen molar-refractivity contribution in [1.82, 2.24) is 19.6 Å². The highest BCUT2D eigenvalue weighted by atomic mass is 16.2. The number of hydrogen-bond acceptors (Lipinski definition) is 3. The third-order valence-corrected chi connectivity index (χ3v) is 4.38. The van der Waals surface area contributed by atoms with Crippen molar-refractivity contribution in [3.8, 4) is 0 Å². The minimum Gasteiger partial charge on any atom is -0.337 e. The molecule has 1 aliphatic carbocycles. The molecule has 5 heteroatoms. The van der Waals surface area contributed by atoms with E-state index >= 15 is 0 Å². The van der Waals surface area contributed by atoms with Crippen LogP contribution in [0.25, 0.3) is 0 Å². The molecule has 0 N–H and O–H groups in total. The van der Waals surface area contributed by atoms with E-state index in [1.807, 2.05) is 16.9 Å². The summed E-state index contributed by atoms with van der Waals surface area (Å²) < 4.78 is 1.89. The number of carbonyl (C=O) groups excluding carboxylic acids is 1. The van der Waals surface area contributed by atoms with Gasteiger partial charge in [0.05, 0.1) is 0 Å². The van der Waals surface area contributed by atoms with Crippen LogP contribution in [-0.4, -0.2) is 57.2 Å². The van der Waals surface area contributed by atoms with E-state index in [2.05, 4.69) is 21.8 Å². The monoisotopic (exact) mass is 276 g/mol. The van der Waals surface area contributed by atoms with Crippen molar-refractivity contribution in [3.05, 3.63) is 18.5 Å². The SMILES string of the molecule is CC1CN(C2CC2)CCN1C(=O)CCCn1cccn1. The van der Waals surface area contributed by atoms with Gasteiger partial charge in [-0.05, 0) is 32.3 Å². The van der Waals surface area contributed by atoms with E-state index in [0.717, 1.165) is 38.6 Å². The summed E-state index contributed by atoms with van der Waals surface area (Å²) in [5.74, 6) is 0.306. The van der Waals surface area contributed by atoms with E-state index in [1.165, 1.54) is 12.8 Å².